The minimum atomic E-state index is -0.510. The van der Waals surface area contributed by atoms with Gasteiger partial charge in [-0.05, 0) is 72.7 Å². The lowest BCUT2D eigenvalue weighted by Gasteiger charge is -2.16. The molecule has 208 valence electrons. The van der Waals surface area contributed by atoms with Crippen LogP contribution in [0.5, 0.6) is 0 Å². The van der Waals surface area contributed by atoms with Crippen LogP contribution in [0.15, 0.2) is 108 Å². The molecule has 1 atom stereocenters. The van der Waals surface area contributed by atoms with Gasteiger partial charge in [0.25, 0.3) is 11.8 Å². The Hall–Kier alpha value is -4.11. The van der Waals surface area contributed by atoms with Gasteiger partial charge in [-0.2, -0.15) is 0 Å². The third-order valence-corrected chi connectivity index (χ3v) is 7.84. The molecule has 0 aliphatic heterocycles. The number of carbonyl (C=O) groups is 3. The van der Waals surface area contributed by atoms with Crippen molar-refractivity contribution < 1.29 is 14.4 Å². The van der Waals surface area contributed by atoms with Crippen LogP contribution in [0.3, 0.4) is 0 Å². The number of amides is 3. The van der Waals surface area contributed by atoms with Gasteiger partial charge in [-0.15, -0.1) is 11.8 Å². The Labute approximate surface area is 252 Å². The second-order valence-corrected chi connectivity index (χ2v) is 10.9. The first kappa shape index (κ1) is 29.9. The maximum Gasteiger partial charge on any atom is 0.272 e. The molecule has 4 rings (SSSR count). The molecule has 0 spiro atoms. The quantitative estimate of drug-likeness (QED) is 0.130. The zero-order valence-corrected chi connectivity index (χ0v) is 24.3. The van der Waals surface area contributed by atoms with Crippen LogP contribution in [-0.4, -0.2) is 28.0 Å². The van der Waals surface area contributed by atoms with Crippen LogP contribution in [0.1, 0.15) is 29.3 Å². The van der Waals surface area contributed by atoms with Gasteiger partial charge in [0, 0.05) is 34.2 Å². The topological polar surface area (TPSA) is 100 Å². The van der Waals surface area contributed by atoms with Crippen molar-refractivity contribution in [2.45, 2.75) is 23.5 Å². The predicted octanol–water partition coefficient (Wildman–Crippen LogP) is 7.31. The largest absolute Gasteiger partial charge is 0.325 e. The van der Waals surface area contributed by atoms with E-state index in [0.717, 1.165) is 4.90 Å². The molecular formula is C31H26Cl2N4O3S. The van der Waals surface area contributed by atoms with Crippen LogP contribution in [-0.2, 0) is 9.59 Å². The summed E-state index contributed by atoms with van der Waals surface area (Å²) in [6.45, 7) is 1.92. The Morgan fingerprint density at radius 1 is 0.878 bits per heavy atom. The Kier molecular flexibility index (Phi) is 10.6. The molecule has 0 aliphatic rings. The average molecular weight is 606 g/mol. The standard InChI is InChI=1S/C31H26Cl2N4O3S/c1-2-28(31(40)36-23-13-14-25(32)26(33)18-23)41-24-12-6-11-22(17-24)35-30(39)27(16-20-8-7-15-34-19-20)37-29(38)21-9-4-3-5-10-21/h3-19,28H,2H2,1H3,(H,35,39)(H,36,40)(H,37,38)/b27-16-. The van der Waals surface area contributed by atoms with Crippen molar-refractivity contribution in [1.82, 2.24) is 10.3 Å². The number of thioether (sulfide) groups is 1. The van der Waals surface area contributed by atoms with Gasteiger partial charge >= 0.3 is 0 Å². The van der Waals surface area contributed by atoms with Crippen molar-refractivity contribution >= 4 is 70.1 Å². The molecular weight excluding hydrogens is 579 g/mol. The van der Waals surface area contributed by atoms with Gasteiger partial charge in [-0.1, -0.05) is 60.5 Å². The van der Waals surface area contributed by atoms with E-state index < -0.39 is 17.1 Å². The second kappa shape index (κ2) is 14.5. The van der Waals surface area contributed by atoms with Gasteiger partial charge in [0.1, 0.15) is 5.70 Å². The minimum Gasteiger partial charge on any atom is -0.325 e. The molecule has 1 unspecified atom stereocenters. The molecule has 1 heterocycles. The summed E-state index contributed by atoms with van der Waals surface area (Å²) in [4.78, 5) is 44.0. The molecule has 41 heavy (non-hydrogen) atoms. The maximum atomic E-state index is 13.3. The summed E-state index contributed by atoms with van der Waals surface area (Å²) in [6, 6.07) is 24.2. The third-order valence-electron chi connectivity index (χ3n) is 5.74. The maximum absolute atomic E-state index is 13.3. The van der Waals surface area contributed by atoms with Crippen molar-refractivity contribution in [2.24, 2.45) is 0 Å². The van der Waals surface area contributed by atoms with E-state index in [4.69, 9.17) is 23.2 Å². The molecule has 1 aromatic heterocycles. The molecule has 0 aliphatic carbocycles. The second-order valence-electron chi connectivity index (χ2n) is 8.78. The van der Waals surface area contributed by atoms with Gasteiger partial charge in [-0.3, -0.25) is 19.4 Å². The van der Waals surface area contributed by atoms with E-state index >= 15 is 0 Å². The normalized spacial score (nSPS) is 11.8. The monoisotopic (exact) mass is 604 g/mol. The molecule has 7 nitrogen and oxygen atoms in total. The fourth-order valence-corrected chi connectivity index (χ4v) is 5.01. The van der Waals surface area contributed by atoms with Crippen molar-refractivity contribution in [3.05, 3.63) is 124 Å². The molecule has 0 radical (unpaired) electrons. The number of halogens is 2. The Morgan fingerprint density at radius 2 is 1.66 bits per heavy atom. The minimum absolute atomic E-state index is 0.0531. The van der Waals surface area contributed by atoms with Crippen LogP contribution in [0.4, 0.5) is 11.4 Å². The highest BCUT2D eigenvalue weighted by Gasteiger charge is 2.20. The Morgan fingerprint density at radius 3 is 2.37 bits per heavy atom. The summed E-state index contributed by atoms with van der Waals surface area (Å²) in [5.74, 6) is -1.11. The summed E-state index contributed by atoms with van der Waals surface area (Å²) in [7, 11) is 0. The average Bonchev–Trinajstić information content (AvgIpc) is 2.98. The van der Waals surface area contributed by atoms with Gasteiger partial charge in [0.15, 0.2) is 0 Å². The van der Waals surface area contributed by atoms with Crippen molar-refractivity contribution in [1.29, 1.82) is 0 Å². The predicted molar refractivity (Wildman–Crippen MR) is 166 cm³/mol. The lowest BCUT2D eigenvalue weighted by molar-refractivity contribution is -0.116. The molecule has 0 saturated heterocycles. The fraction of sp³-hybridized carbons (Fsp3) is 0.0968. The zero-order valence-electron chi connectivity index (χ0n) is 21.9. The summed E-state index contributed by atoms with van der Waals surface area (Å²) in [6.07, 6.45) is 5.34. The molecule has 10 heteroatoms. The lowest BCUT2D eigenvalue weighted by Crippen LogP contribution is -2.30. The van der Waals surface area contributed by atoms with E-state index in [-0.39, 0.29) is 11.6 Å². The number of nitrogens with zero attached hydrogens (tertiary/aromatic N) is 1. The van der Waals surface area contributed by atoms with E-state index in [0.29, 0.717) is 39.0 Å². The number of pyridine rings is 1. The third kappa shape index (κ3) is 8.69. The van der Waals surface area contributed by atoms with Crippen LogP contribution < -0.4 is 16.0 Å². The van der Waals surface area contributed by atoms with Gasteiger partial charge < -0.3 is 16.0 Å². The highest BCUT2D eigenvalue weighted by atomic mass is 35.5. The smallest absolute Gasteiger partial charge is 0.272 e. The summed E-state index contributed by atoms with van der Waals surface area (Å²) in [5, 5.41) is 8.79. The Balaban J connectivity index is 1.48. The molecule has 0 fully saturated rings. The van der Waals surface area contributed by atoms with Crippen LogP contribution in [0, 0.1) is 0 Å². The number of nitrogens with one attached hydrogen (secondary N) is 3. The van der Waals surface area contributed by atoms with Gasteiger partial charge in [-0.25, -0.2) is 0 Å². The van der Waals surface area contributed by atoms with Crippen LogP contribution in [0.25, 0.3) is 6.08 Å². The number of rotatable bonds is 10. The first-order chi connectivity index (χ1) is 19.8. The van der Waals surface area contributed by atoms with Gasteiger partial charge in [0.2, 0.25) is 5.91 Å². The van der Waals surface area contributed by atoms with Crippen molar-refractivity contribution in [3.63, 3.8) is 0 Å². The summed E-state index contributed by atoms with van der Waals surface area (Å²) < 4.78 is 0. The van der Waals surface area contributed by atoms with Gasteiger partial charge in [0.05, 0.1) is 15.3 Å². The van der Waals surface area contributed by atoms with Crippen LogP contribution in [0.2, 0.25) is 10.0 Å². The molecule has 3 aromatic carbocycles. The highest BCUT2D eigenvalue weighted by Crippen LogP contribution is 2.30. The molecule has 0 saturated carbocycles. The molecule has 3 N–H and O–H groups in total. The number of aromatic nitrogens is 1. The number of benzene rings is 3. The molecule has 4 aromatic rings. The first-order valence-corrected chi connectivity index (χ1v) is 14.3. The van der Waals surface area contributed by atoms with E-state index in [9.17, 15) is 14.4 Å². The SMILES string of the molecule is CCC(Sc1cccc(NC(=O)/C(=C/c2cccnc2)NC(=O)c2ccccc2)c1)C(=O)Nc1ccc(Cl)c(Cl)c1. The number of carbonyl (C=O) groups excluding carboxylic acids is 3. The number of hydrogen-bond acceptors (Lipinski definition) is 5. The fourth-order valence-electron chi connectivity index (χ4n) is 3.70. The molecule has 0 bridgehead atoms. The van der Waals surface area contributed by atoms with Crippen LogP contribution >= 0.6 is 35.0 Å². The first-order valence-electron chi connectivity index (χ1n) is 12.6. The number of hydrogen-bond donors (Lipinski definition) is 3. The summed E-state index contributed by atoms with van der Waals surface area (Å²) >= 11 is 13.4. The van der Waals surface area contributed by atoms with E-state index in [1.165, 1.54) is 11.8 Å². The van der Waals surface area contributed by atoms with E-state index in [1.54, 1.807) is 97.3 Å². The summed E-state index contributed by atoms with van der Waals surface area (Å²) in [5.41, 5.74) is 2.17. The van der Waals surface area contributed by atoms with Crippen molar-refractivity contribution in [3.8, 4) is 0 Å². The van der Waals surface area contributed by atoms with E-state index in [2.05, 4.69) is 20.9 Å². The number of anilines is 2. The highest BCUT2D eigenvalue weighted by molar-refractivity contribution is 8.00. The molecule has 3 amide bonds. The zero-order chi connectivity index (χ0) is 29.2. The lowest BCUT2D eigenvalue weighted by atomic mass is 10.2. The Bertz CT molecular complexity index is 1570. The van der Waals surface area contributed by atoms with E-state index in [1.807, 2.05) is 13.0 Å². The van der Waals surface area contributed by atoms with Crippen molar-refractivity contribution in [2.75, 3.05) is 10.6 Å².